The molecule has 2 aromatic rings. The van der Waals surface area contributed by atoms with Crippen LogP contribution in [0.15, 0.2) is 34.9 Å². The molecule has 4 heteroatoms. The highest BCUT2D eigenvalue weighted by atomic mass is 16.5. The maximum Gasteiger partial charge on any atom is 0.342 e. The smallest absolute Gasteiger partial charge is 0.342 e. The molecule has 2 rings (SSSR count). The van der Waals surface area contributed by atoms with E-state index in [0.29, 0.717) is 22.8 Å². The number of carbonyl (C=O) groups excluding carboxylic acids is 2. The van der Waals surface area contributed by atoms with Gasteiger partial charge in [-0.25, -0.2) is 4.79 Å². The number of aldehydes is 1. The first-order valence-corrected chi connectivity index (χ1v) is 4.40. The van der Waals surface area contributed by atoms with Gasteiger partial charge in [0.1, 0.15) is 24.0 Å². The van der Waals surface area contributed by atoms with Gasteiger partial charge in [-0.15, -0.1) is 0 Å². The molecule has 0 bridgehead atoms. The van der Waals surface area contributed by atoms with E-state index < -0.39 is 5.97 Å². The van der Waals surface area contributed by atoms with Crippen molar-refractivity contribution in [3.05, 3.63) is 36.1 Å². The molecule has 0 aliphatic carbocycles. The van der Waals surface area contributed by atoms with Crippen LogP contribution in [0.5, 0.6) is 0 Å². The number of benzene rings is 1. The summed E-state index contributed by atoms with van der Waals surface area (Å²) in [7, 11) is 0. The van der Waals surface area contributed by atoms with Crippen molar-refractivity contribution in [3.8, 4) is 0 Å². The topological polar surface area (TPSA) is 56.5 Å². The van der Waals surface area contributed by atoms with Crippen molar-refractivity contribution in [2.24, 2.45) is 0 Å². The van der Waals surface area contributed by atoms with Crippen LogP contribution in [0.25, 0.3) is 11.0 Å². The van der Waals surface area contributed by atoms with Crippen LogP contribution in [-0.4, -0.2) is 18.9 Å². The van der Waals surface area contributed by atoms with Crippen LogP contribution < -0.4 is 0 Å². The predicted octanol–water partition coefficient (Wildman–Crippen LogP) is 1.79. The van der Waals surface area contributed by atoms with Crippen LogP contribution in [0, 0.1) is 0 Å². The van der Waals surface area contributed by atoms with Gasteiger partial charge in [-0.2, -0.15) is 0 Å². The van der Waals surface area contributed by atoms with Crippen molar-refractivity contribution < 1.29 is 18.7 Å². The van der Waals surface area contributed by atoms with Gasteiger partial charge in [-0.1, -0.05) is 18.2 Å². The first-order chi connectivity index (χ1) is 7.33. The Labute approximate surface area is 85.4 Å². The van der Waals surface area contributed by atoms with E-state index in [0.717, 1.165) is 0 Å². The molecule has 0 unspecified atom stereocenters. The predicted molar refractivity (Wildman–Crippen MR) is 52.6 cm³/mol. The molecule has 4 nitrogen and oxygen atoms in total. The monoisotopic (exact) mass is 204 g/mol. The Morgan fingerprint density at radius 2 is 2.20 bits per heavy atom. The molecule has 0 N–H and O–H groups in total. The van der Waals surface area contributed by atoms with Gasteiger partial charge in [0, 0.05) is 5.39 Å². The lowest BCUT2D eigenvalue weighted by molar-refractivity contribution is -0.110. The molecule has 76 valence electrons. The SMILES string of the molecule is O=CCOC(=O)c1coc2ccccc12. The number of hydrogen-bond acceptors (Lipinski definition) is 4. The maximum absolute atomic E-state index is 11.4. The Morgan fingerprint density at radius 3 is 3.00 bits per heavy atom. The van der Waals surface area contributed by atoms with Crippen LogP contribution in [-0.2, 0) is 9.53 Å². The molecule has 0 fully saturated rings. The Hall–Kier alpha value is -2.10. The fourth-order valence-electron chi connectivity index (χ4n) is 1.32. The Kier molecular flexibility index (Phi) is 2.49. The first kappa shape index (κ1) is 9.45. The summed E-state index contributed by atoms with van der Waals surface area (Å²) in [6, 6.07) is 7.13. The number of hydrogen-bond donors (Lipinski definition) is 0. The highest BCUT2D eigenvalue weighted by Gasteiger charge is 2.13. The van der Waals surface area contributed by atoms with Crippen molar-refractivity contribution >= 4 is 23.2 Å². The van der Waals surface area contributed by atoms with Gasteiger partial charge in [0.2, 0.25) is 0 Å². The highest BCUT2D eigenvalue weighted by molar-refractivity contribution is 6.03. The van der Waals surface area contributed by atoms with Gasteiger partial charge in [-0.05, 0) is 6.07 Å². The van der Waals surface area contributed by atoms with Gasteiger partial charge in [0.25, 0.3) is 0 Å². The molecule has 0 amide bonds. The summed E-state index contributed by atoms with van der Waals surface area (Å²) in [6.07, 6.45) is 1.86. The maximum atomic E-state index is 11.4. The number of para-hydroxylation sites is 1. The third-order valence-corrected chi connectivity index (χ3v) is 1.98. The second kappa shape index (κ2) is 3.96. The molecular formula is C11H8O4. The molecular weight excluding hydrogens is 196 g/mol. The Morgan fingerprint density at radius 1 is 1.40 bits per heavy atom. The van der Waals surface area contributed by atoms with Crippen LogP contribution in [0.1, 0.15) is 10.4 Å². The third-order valence-electron chi connectivity index (χ3n) is 1.98. The summed E-state index contributed by atoms with van der Waals surface area (Å²) in [6.45, 7) is -0.238. The second-order valence-electron chi connectivity index (χ2n) is 2.91. The van der Waals surface area contributed by atoms with Gasteiger partial charge >= 0.3 is 5.97 Å². The van der Waals surface area contributed by atoms with E-state index in [1.807, 2.05) is 6.07 Å². The molecule has 0 saturated heterocycles. The highest BCUT2D eigenvalue weighted by Crippen LogP contribution is 2.21. The molecule has 1 aromatic heterocycles. The van der Waals surface area contributed by atoms with Gasteiger partial charge in [0.05, 0.1) is 0 Å². The number of furan rings is 1. The fraction of sp³-hybridized carbons (Fsp3) is 0.0909. The summed E-state index contributed by atoms with van der Waals surface area (Å²) < 4.78 is 9.84. The summed E-state index contributed by atoms with van der Waals surface area (Å²) in [5.41, 5.74) is 0.961. The van der Waals surface area contributed by atoms with E-state index in [1.54, 1.807) is 18.2 Å². The largest absolute Gasteiger partial charge is 0.463 e. The van der Waals surface area contributed by atoms with E-state index in [1.165, 1.54) is 6.26 Å². The van der Waals surface area contributed by atoms with E-state index >= 15 is 0 Å². The molecule has 0 saturated carbocycles. The van der Waals surface area contributed by atoms with E-state index in [9.17, 15) is 9.59 Å². The summed E-state index contributed by atoms with van der Waals surface area (Å²) in [5, 5.41) is 0.688. The van der Waals surface area contributed by atoms with Gasteiger partial charge in [0.15, 0.2) is 6.29 Å². The van der Waals surface area contributed by atoms with Crippen LogP contribution in [0.4, 0.5) is 0 Å². The second-order valence-corrected chi connectivity index (χ2v) is 2.91. The zero-order chi connectivity index (χ0) is 10.7. The van der Waals surface area contributed by atoms with Gasteiger partial charge in [-0.3, -0.25) is 4.79 Å². The minimum Gasteiger partial charge on any atom is -0.463 e. The zero-order valence-electron chi connectivity index (χ0n) is 7.80. The first-order valence-electron chi connectivity index (χ1n) is 4.40. The van der Waals surface area contributed by atoms with E-state index in [4.69, 9.17) is 4.42 Å². The lowest BCUT2D eigenvalue weighted by Gasteiger charge is -1.97. The van der Waals surface area contributed by atoms with Crippen molar-refractivity contribution in [1.29, 1.82) is 0 Å². The Balaban J connectivity index is 2.35. The molecule has 1 aromatic carbocycles. The lowest BCUT2D eigenvalue weighted by Crippen LogP contribution is -2.06. The number of carbonyl (C=O) groups is 2. The minimum atomic E-state index is -0.549. The summed E-state index contributed by atoms with van der Waals surface area (Å²) >= 11 is 0. The van der Waals surface area contributed by atoms with E-state index in [-0.39, 0.29) is 6.61 Å². The normalized spacial score (nSPS) is 10.1. The average molecular weight is 204 g/mol. The molecule has 0 spiro atoms. The quantitative estimate of drug-likeness (QED) is 0.565. The summed E-state index contributed by atoms with van der Waals surface area (Å²) in [4.78, 5) is 21.5. The zero-order valence-corrected chi connectivity index (χ0v) is 7.80. The molecule has 15 heavy (non-hydrogen) atoms. The van der Waals surface area contributed by atoms with Crippen LogP contribution in [0.3, 0.4) is 0 Å². The number of rotatable bonds is 3. The molecule has 0 aliphatic rings. The van der Waals surface area contributed by atoms with Crippen LogP contribution >= 0.6 is 0 Å². The molecule has 1 heterocycles. The number of fused-ring (bicyclic) bond motifs is 1. The van der Waals surface area contributed by atoms with Gasteiger partial charge < -0.3 is 9.15 Å². The number of esters is 1. The summed E-state index contributed by atoms with van der Waals surface area (Å²) in [5.74, 6) is -0.549. The standard InChI is InChI=1S/C11H8O4/c12-5-6-14-11(13)9-7-15-10-4-2-1-3-8(9)10/h1-5,7H,6H2. The van der Waals surface area contributed by atoms with E-state index in [2.05, 4.69) is 4.74 Å². The molecule has 0 aliphatic heterocycles. The van der Waals surface area contributed by atoms with Crippen molar-refractivity contribution in [3.63, 3.8) is 0 Å². The van der Waals surface area contributed by atoms with Crippen molar-refractivity contribution in [1.82, 2.24) is 0 Å². The van der Waals surface area contributed by atoms with Crippen molar-refractivity contribution in [2.75, 3.05) is 6.61 Å². The molecule has 0 atom stereocenters. The minimum absolute atomic E-state index is 0.238. The average Bonchev–Trinajstić information content (AvgIpc) is 2.69. The number of ether oxygens (including phenoxy) is 1. The third kappa shape index (κ3) is 1.74. The fourth-order valence-corrected chi connectivity index (χ4v) is 1.32. The van der Waals surface area contributed by atoms with Crippen molar-refractivity contribution in [2.45, 2.75) is 0 Å². The van der Waals surface area contributed by atoms with Crippen LogP contribution in [0.2, 0.25) is 0 Å². The Bertz CT molecular complexity index is 498. The molecule has 0 radical (unpaired) electrons. The lowest BCUT2D eigenvalue weighted by atomic mass is 10.2.